The molecule has 0 atom stereocenters. The molecule has 88 valence electrons. The van der Waals surface area contributed by atoms with Gasteiger partial charge in [-0.05, 0) is 30.0 Å². The van der Waals surface area contributed by atoms with Gasteiger partial charge in [0.15, 0.2) is 0 Å². The maximum absolute atomic E-state index is 12.1. The molecule has 0 bridgehead atoms. The number of ether oxygens (including phenoxy) is 1. The Morgan fingerprint density at radius 1 is 1.31 bits per heavy atom. The topological polar surface area (TPSA) is 26.3 Å². The van der Waals surface area contributed by atoms with E-state index >= 15 is 0 Å². The minimum absolute atomic E-state index is 0.112. The highest BCUT2D eigenvalue weighted by Crippen LogP contribution is 2.27. The van der Waals surface area contributed by atoms with Crippen molar-refractivity contribution in [3.05, 3.63) is 29.3 Å². The van der Waals surface area contributed by atoms with Crippen LogP contribution in [-0.4, -0.2) is 12.4 Å². The first-order chi connectivity index (χ1) is 7.41. The molecule has 0 saturated carbocycles. The van der Waals surface area contributed by atoms with Crippen LogP contribution in [0.25, 0.3) is 0 Å². The van der Waals surface area contributed by atoms with E-state index in [2.05, 4.69) is 4.74 Å². The van der Waals surface area contributed by atoms with E-state index < -0.39 is 12.4 Å². The SMILES string of the molecule is Cc1ccc(C(C)C)c(OC(=O)C(F)F)c1. The molecule has 1 aromatic carbocycles. The molecule has 0 saturated heterocycles. The first-order valence-corrected chi connectivity index (χ1v) is 5.02. The van der Waals surface area contributed by atoms with Crippen LogP contribution in [0.5, 0.6) is 5.75 Å². The van der Waals surface area contributed by atoms with Gasteiger partial charge in [0, 0.05) is 0 Å². The standard InChI is InChI=1S/C12H14F2O2/c1-7(2)9-5-4-8(3)6-10(9)16-12(15)11(13)14/h4-7,11H,1-3H3. The van der Waals surface area contributed by atoms with Crippen molar-refractivity contribution < 1.29 is 18.3 Å². The summed E-state index contributed by atoms with van der Waals surface area (Å²) >= 11 is 0. The summed E-state index contributed by atoms with van der Waals surface area (Å²) in [6.45, 7) is 5.62. The van der Waals surface area contributed by atoms with E-state index in [4.69, 9.17) is 0 Å². The molecule has 0 unspecified atom stereocenters. The van der Waals surface area contributed by atoms with Crippen LogP contribution in [0.15, 0.2) is 18.2 Å². The van der Waals surface area contributed by atoms with Crippen LogP contribution < -0.4 is 4.74 Å². The van der Waals surface area contributed by atoms with Gasteiger partial charge in [0.2, 0.25) is 0 Å². The molecule has 0 aromatic heterocycles. The molecule has 0 aliphatic heterocycles. The monoisotopic (exact) mass is 228 g/mol. The fourth-order valence-electron chi connectivity index (χ4n) is 1.36. The van der Waals surface area contributed by atoms with Gasteiger partial charge in [-0.25, -0.2) is 4.79 Å². The van der Waals surface area contributed by atoms with Crippen molar-refractivity contribution in [3.8, 4) is 5.75 Å². The molecule has 0 spiro atoms. The summed E-state index contributed by atoms with van der Waals surface area (Å²) < 4.78 is 28.8. The van der Waals surface area contributed by atoms with Crippen molar-refractivity contribution in [2.75, 3.05) is 0 Å². The lowest BCUT2D eigenvalue weighted by Gasteiger charge is -2.13. The van der Waals surface area contributed by atoms with Gasteiger partial charge >= 0.3 is 12.4 Å². The Balaban J connectivity index is 3.01. The molecule has 0 aliphatic carbocycles. The smallest absolute Gasteiger partial charge is 0.379 e. The number of hydrogen-bond acceptors (Lipinski definition) is 2. The zero-order valence-electron chi connectivity index (χ0n) is 9.46. The highest BCUT2D eigenvalue weighted by atomic mass is 19.3. The van der Waals surface area contributed by atoms with Crippen molar-refractivity contribution in [1.82, 2.24) is 0 Å². The first-order valence-electron chi connectivity index (χ1n) is 5.02. The van der Waals surface area contributed by atoms with Gasteiger partial charge in [-0.15, -0.1) is 0 Å². The predicted octanol–water partition coefficient (Wildman–Crippen LogP) is 3.29. The van der Waals surface area contributed by atoms with Gasteiger partial charge in [0.05, 0.1) is 0 Å². The number of carbonyl (C=O) groups is 1. The lowest BCUT2D eigenvalue weighted by atomic mass is 10.0. The highest BCUT2D eigenvalue weighted by molar-refractivity contribution is 5.76. The van der Waals surface area contributed by atoms with E-state index in [0.717, 1.165) is 11.1 Å². The molecular weight excluding hydrogens is 214 g/mol. The maximum Gasteiger partial charge on any atom is 0.379 e. The van der Waals surface area contributed by atoms with Gasteiger partial charge in [-0.2, -0.15) is 8.78 Å². The van der Waals surface area contributed by atoms with Gasteiger partial charge < -0.3 is 4.74 Å². The third-order valence-corrected chi connectivity index (χ3v) is 2.18. The van der Waals surface area contributed by atoms with E-state index in [1.807, 2.05) is 26.8 Å². The van der Waals surface area contributed by atoms with Crippen LogP contribution in [0.3, 0.4) is 0 Å². The van der Waals surface area contributed by atoms with E-state index in [9.17, 15) is 13.6 Å². The average molecular weight is 228 g/mol. The van der Waals surface area contributed by atoms with Crippen LogP contribution in [0, 0.1) is 6.92 Å². The van der Waals surface area contributed by atoms with Crippen molar-refractivity contribution in [2.24, 2.45) is 0 Å². The van der Waals surface area contributed by atoms with Crippen LogP contribution in [0.1, 0.15) is 30.9 Å². The van der Waals surface area contributed by atoms with Crippen LogP contribution in [0.4, 0.5) is 8.78 Å². The Bertz CT molecular complexity index is 387. The third kappa shape index (κ3) is 3.02. The number of carbonyl (C=O) groups excluding carboxylic acids is 1. The molecule has 1 aromatic rings. The molecule has 0 N–H and O–H groups in total. The van der Waals surface area contributed by atoms with Crippen LogP contribution >= 0.6 is 0 Å². The van der Waals surface area contributed by atoms with Gasteiger partial charge in [-0.3, -0.25) is 0 Å². The second-order valence-corrected chi connectivity index (χ2v) is 3.92. The normalized spacial score (nSPS) is 10.9. The Morgan fingerprint density at radius 3 is 2.44 bits per heavy atom. The minimum Gasteiger partial charge on any atom is -0.422 e. The molecule has 0 fully saturated rings. The van der Waals surface area contributed by atoms with Crippen molar-refractivity contribution in [2.45, 2.75) is 33.1 Å². The lowest BCUT2D eigenvalue weighted by molar-refractivity contribution is -0.146. The fraction of sp³-hybridized carbons (Fsp3) is 0.417. The summed E-state index contributed by atoms with van der Waals surface area (Å²) in [4.78, 5) is 10.8. The van der Waals surface area contributed by atoms with Crippen LogP contribution in [-0.2, 0) is 4.79 Å². The minimum atomic E-state index is -3.10. The molecule has 0 heterocycles. The molecule has 1 rings (SSSR count). The molecule has 0 radical (unpaired) electrons. The first kappa shape index (κ1) is 12.6. The van der Waals surface area contributed by atoms with E-state index in [0.29, 0.717) is 0 Å². The van der Waals surface area contributed by atoms with Gasteiger partial charge in [0.1, 0.15) is 5.75 Å². The second-order valence-electron chi connectivity index (χ2n) is 3.92. The number of halogens is 2. The molecular formula is C12H14F2O2. The zero-order valence-corrected chi connectivity index (χ0v) is 9.46. The van der Waals surface area contributed by atoms with E-state index in [1.165, 1.54) is 0 Å². The van der Waals surface area contributed by atoms with Crippen molar-refractivity contribution >= 4 is 5.97 Å². The number of benzene rings is 1. The summed E-state index contributed by atoms with van der Waals surface area (Å²) in [6.07, 6.45) is -3.10. The maximum atomic E-state index is 12.1. The largest absolute Gasteiger partial charge is 0.422 e. The Hall–Kier alpha value is -1.45. The molecule has 4 heteroatoms. The fourth-order valence-corrected chi connectivity index (χ4v) is 1.36. The lowest BCUT2D eigenvalue weighted by Crippen LogP contribution is -2.18. The Labute approximate surface area is 93.2 Å². The average Bonchev–Trinajstić information content (AvgIpc) is 2.16. The summed E-state index contributed by atoms with van der Waals surface area (Å²) in [7, 11) is 0. The van der Waals surface area contributed by atoms with Crippen LogP contribution in [0.2, 0.25) is 0 Å². The Kier molecular flexibility index (Phi) is 3.99. The predicted molar refractivity (Wildman–Crippen MR) is 56.9 cm³/mol. The van der Waals surface area contributed by atoms with Crippen molar-refractivity contribution in [3.63, 3.8) is 0 Å². The summed E-state index contributed by atoms with van der Waals surface area (Å²) in [5.74, 6) is -1.17. The number of hydrogen-bond donors (Lipinski definition) is 0. The zero-order chi connectivity index (χ0) is 12.3. The molecule has 16 heavy (non-hydrogen) atoms. The molecule has 2 nitrogen and oxygen atoms in total. The third-order valence-electron chi connectivity index (χ3n) is 2.18. The quantitative estimate of drug-likeness (QED) is 0.586. The van der Waals surface area contributed by atoms with Gasteiger partial charge in [0.25, 0.3) is 0 Å². The van der Waals surface area contributed by atoms with Crippen molar-refractivity contribution in [1.29, 1.82) is 0 Å². The molecule has 0 aliphatic rings. The van der Waals surface area contributed by atoms with E-state index in [-0.39, 0.29) is 11.7 Å². The number of esters is 1. The van der Waals surface area contributed by atoms with Gasteiger partial charge in [-0.1, -0.05) is 26.0 Å². The summed E-state index contributed by atoms with van der Waals surface area (Å²) in [6, 6.07) is 5.23. The number of alkyl halides is 2. The van der Waals surface area contributed by atoms with E-state index in [1.54, 1.807) is 12.1 Å². The highest BCUT2D eigenvalue weighted by Gasteiger charge is 2.20. The number of rotatable bonds is 3. The Morgan fingerprint density at radius 2 is 1.94 bits per heavy atom. The summed E-state index contributed by atoms with van der Waals surface area (Å²) in [5.41, 5.74) is 1.61. The molecule has 0 amide bonds. The second kappa shape index (κ2) is 5.05. The number of aryl methyl sites for hydroxylation is 1. The summed E-state index contributed by atoms with van der Waals surface area (Å²) in [5, 5.41) is 0.